The third-order valence-electron chi connectivity index (χ3n) is 3.84. The van der Waals surface area contributed by atoms with Gasteiger partial charge in [-0.25, -0.2) is 0 Å². The minimum absolute atomic E-state index is 0.0315. The molecule has 0 radical (unpaired) electrons. The van der Waals surface area contributed by atoms with Gasteiger partial charge in [0.25, 0.3) is 0 Å². The molecule has 2 saturated heterocycles. The van der Waals surface area contributed by atoms with E-state index in [4.69, 9.17) is 4.74 Å². The van der Waals surface area contributed by atoms with Crippen molar-refractivity contribution in [1.29, 1.82) is 0 Å². The van der Waals surface area contributed by atoms with Gasteiger partial charge in [-0.2, -0.15) is 0 Å². The number of amides is 1. The molecule has 1 amide bonds. The number of nitrogens with one attached hydrogen (secondary N) is 1. The second kappa shape index (κ2) is 6.36. The molecular formula is C13H24N2O2. The van der Waals surface area contributed by atoms with Crippen molar-refractivity contribution in [2.24, 2.45) is 5.92 Å². The van der Waals surface area contributed by atoms with Gasteiger partial charge in [0.05, 0.1) is 6.04 Å². The van der Waals surface area contributed by atoms with E-state index in [1.165, 1.54) is 12.8 Å². The second-order valence-electron chi connectivity index (χ2n) is 5.22. The fourth-order valence-corrected chi connectivity index (χ4v) is 2.59. The van der Waals surface area contributed by atoms with Crippen molar-refractivity contribution in [1.82, 2.24) is 10.2 Å². The first-order valence-corrected chi connectivity index (χ1v) is 6.87. The average Bonchev–Trinajstić information content (AvgIpc) is 2.90. The van der Waals surface area contributed by atoms with E-state index < -0.39 is 0 Å². The summed E-state index contributed by atoms with van der Waals surface area (Å²) < 4.78 is 5.33. The van der Waals surface area contributed by atoms with Crippen LogP contribution in [0.2, 0.25) is 0 Å². The smallest absolute Gasteiger partial charge is 0.239 e. The fraction of sp³-hybridized carbons (Fsp3) is 0.923. The van der Waals surface area contributed by atoms with E-state index in [1.807, 2.05) is 11.8 Å². The highest BCUT2D eigenvalue weighted by atomic mass is 16.5. The molecule has 0 bridgehead atoms. The standard InChI is InChI=1S/C13H24N2O2/c1-11(13(16)15-6-2-3-7-15)14-10-12-4-8-17-9-5-12/h11-12,14H,2-10H2,1H3. The summed E-state index contributed by atoms with van der Waals surface area (Å²) in [4.78, 5) is 14.0. The molecule has 0 saturated carbocycles. The molecule has 17 heavy (non-hydrogen) atoms. The van der Waals surface area contributed by atoms with Crippen LogP contribution in [0.1, 0.15) is 32.6 Å². The summed E-state index contributed by atoms with van der Waals surface area (Å²) in [7, 11) is 0. The molecule has 0 spiro atoms. The highest BCUT2D eigenvalue weighted by Crippen LogP contribution is 2.14. The van der Waals surface area contributed by atoms with Gasteiger partial charge in [-0.15, -0.1) is 0 Å². The molecule has 0 aromatic carbocycles. The SMILES string of the molecule is CC(NCC1CCOCC1)C(=O)N1CCCC1. The zero-order valence-corrected chi connectivity index (χ0v) is 10.8. The van der Waals surface area contributed by atoms with Gasteiger partial charge in [0.2, 0.25) is 5.91 Å². The van der Waals surface area contributed by atoms with Gasteiger partial charge in [-0.3, -0.25) is 4.79 Å². The number of likely N-dealkylation sites (tertiary alicyclic amines) is 1. The Bertz CT molecular complexity index is 246. The van der Waals surface area contributed by atoms with Crippen LogP contribution in [0.5, 0.6) is 0 Å². The highest BCUT2D eigenvalue weighted by molar-refractivity contribution is 5.81. The lowest BCUT2D eigenvalue weighted by molar-refractivity contribution is -0.132. The van der Waals surface area contributed by atoms with Crippen LogP contribution in [-0.2, 0) is 9.53 Å². The quantitative estimate of drug-likeness (QED) is 0.797. The Morgan fingerprint density at radius 3 is 2.65 bits per heavy atom. The van der Waals surface area contributed by atoms with Gasteiger partial charge in [-0.05, 0) is 45.1 Å². The van der Waals surface area contributed by atoms with Crippen LogP contribution < -0.4 is 5.32 Å². The number of hydrogen-bond donors (Lipinski definition) is 1. The molecule has 1 N–H and O–H groups in total. The number of carbonyl (C=O) groups excluding carboxylic acids is 1. The van der Waals surface area contributed by atoms with Crippen molar-refractivity contribution in [2.75, 3.05) is 32.8 Å². The zero-order valence-electron chi connectivity index (χ0n) is 10.8. The largest absolute Gasteiger partial charge is 0.381 e. The molecule has 4 heteroatoms. The lowest BCUT2D eigenvalue weighted by atomic mass is 10.00. The first-order chi connectivity index (χ1) is 8.27. The number of hydrogen-bond acceptors (Lipinski definition) is 3. The van der Waals surface area contributed by atoms with Crippen molar-refractivity contribution < 1.29 is 9.53 Å². The Balaban J connectivity index is 1.68. The fourth-order valence-electron chi connectivity index (χ4n) is 2.59. The van der Waals surface area contributed by atoms with Gasteiger partial charge in [0.1, 0.15) is 0 Å². The Labute approximate surface area is 104 Å². The maximum atomic E-state index is 12.1. The molecule has 2 rings (SSSR count). The Kier molecular flexibility index (Phi) is 4.80. The van der Waals surface area contributed by atoms with E-state index in [-0.39, 0.29) is 11.9 Å². The van der Waals surface area contributed by atoms with Crippen molar-refractivity contribution in [3.8, 4) is 0 Å². The summed E-state index contributed by atoms with van der Waals surface area (Å²) in [6.07, 6.45) is 4.58. The second-order valence-corrected chi connectivity index (χ2v) is 5.22. The maximum absolute atomic E-state index is 12.1. The van der Waals surface area contributed by atoms with Gasteiger partial charge in [-0.1, -0.05) is 0 Å². The summed E-state index contributed by atoms with van der Waals surface area (Å²) in [5.74, 6) is 0.951. The topological polar surface area (TPSA) is 41.6 Å². The lowest BCUT2D eigenvalue weighted by Crippen LogP contribution is -2.45. The summed E-state index contributed by atoms with van der Waals surface area (Å²) in [6.45, 7) is 6.58. The first kappa shape index (κ1) is 12.8. The van der Waals surface area contributed by atoms with Crippen molar-refractivity contribution in [2.45, 2.75) is 38.6 Å². The first-order valence-electron chi connectivity index (χ1n) is 6.87. The van der Waals surface area contributed by atoms with Gasteiger partial charge < -0.3 is 15.0 Å². The van der Waals surface area contributed by atoms with Crippen LogP contribution in [-0.4, -0.2) is 49.7 Å². The molecule has 2 fully saturated rings. The number of ether oxygens (including phenoxy) is 1. The van der Waals surface area contributed by atoms with Crippen molar-refractivity contribution in [3.63, 3.8) is 0 Å². The van der Waals surface area contributed by atoms with E-state index in [9.17, 15) is 4.79 Å². The van der Waals surface area contributed by atoms with Crippen LogP contribution >= 0.6 is 0 Å². The molecule has 0 aromatic heterocycles. The monoisotopic (exact) mass is 240 g/mol. The predicted octanol–water partition coefficient (Wildman–Crippen LogP) is 1.01. The molecular weight excluding hydrogens is 216 g/mol. The van der Waals surface area contributed by atoms with Crippen molar-refractivity contribution in [3.05, 3.63) is 0 Å². The zero-order chi connectivity index (χ0) is 12.1. The van der Waals surface area contributed by atoms with Gasteiger partial charge in [0.15, 0.2) is 0 Å². The Morgan fingerprint density at radius 2 is 2.00 bits per heavy atom. The van der Waals surface area contributed by atoms with Crippen LogP contribution in [0.25, 0.3) is 0 Å². The summed E-state index contributed by atoms with van der Waals surface area (Å²) in [6, 6.07) is -0.0315. The minimum atomic E-state index is -0.0315. The van der Waals surface area contributed by atoms with E-state index in [1.54, 1.807) is 0 Å². The van der Waals surface area contributed by atoms with E-state index in [2.05, 4.69) is 5.32 Å². The minimum Gasteiger partial charge on any atom is -0.381 e. The van der Waals surface area contributed by atoms with Gasteiger partial charge in [0, 0.05) is 26.3 Å². The molecule has 2 aliphatic rings. The summed E-state index contributed by atoms with van der Waals surface area (Å²) >= 11 is 0. The average molecular weight is 240 g/mol. The van der Waals surface area contributed by atoms with Crippen molar-refractivity contribution >= 4 is 5.91 Å². The molecule has 4 nitrogen and oxygen atoms in total. The highest BCUT2D eigenvalue weighted by Gasteiger charge is 2.23. The number of carbonyl (C=O) groups is 1. The van der Waals surface area contributed by atoms with E-state index in [0.29, 0.717) is 5.92 Å². The summed E-state index contributed by atoms with van der Waals surface area (Å²) in [5.41, 5.74) is 0. The molecule has 98 valence electrons. The predicted molar refractivity (Wildman–Crippen MR) is 66.8 cm³/mol. The van der Waals surface area contributed by atoms with E-state index in [0.717, 1.165) is 45.7 Å². The normalized spacial score (nSPS) is 23.9. The Morgan fingerprint density at radius 1 is 1.35 bits per heavy atom. The molecule has 2 aliphatic heterocycles. The maximum Gasteiger partial charge on any atom is 0.239 e. The Hall–Kier alpha value is -0.610. The van der Waals surface area contributed by atoms with E-state index >= 15 is 0 Å². The number of nitrogens with zero attached hydrogens (tertiary/aromatic N) is 1. The summed E-state index contributed by atoms with van der Waals surface area (Å²) in [5, 5.41) is 3.38. The molecule has 1 atom stereocenters. The van der Waals surface area contributed by atoms with Crippen LogP contribution in [0.4, 0.5) is 0 Å². The third kappa shape index (κ3) is 3.68. The number of rotatable bonds is 4. The third-order valence-corrected chi connectivity index (χ3v) is 3.84. The molecule has 0 aliphatic carbocycles. The van der Waals surface area contributed by atoms with Crippen LogP contribution in [0.15, 0.2) is 0 Å². The molecule has 1 unspecified atom stereocenters. The van der Waals surface area contributed by atoms with Crippen LogP contribution in [0, 0.1) is 5.92 Å². The molecule has 2 heterocycles. The lowest BCUT2D eigenvalue weighted by Gasteiger charge is -2.26. The van der Waals surface area contributed by atoms with Crippen LogP contribution in [0.3, 0.4) is 0 Å². The molecule has 0 aromatic rings. The van der Waals surface area contributed by atoms with Gasteiger partial charge >= 0.3 is 0 Å².